The summed E-state index contributed by atoms with van der Waals surface area (Å²) in [6.07, 6.45) is 1.04. The molecule has 0 bridgehead atoms. The first-order chi connectivity index (χ1) is 17.0. The van der Waals surface area contributed by atoms with Gasteiger partial charge in [0, 0.05) is 19.1 Å². The van der Waals surface area contributed by atoms with Gasteiger partial charge in [0.15, 0.2) is 0 Å². The summed E-state index contributed by atoms with van der Waals surface area (Å²) in [6.45, 7) is 1.55. The number of ether oxygens (including phenoxy) is 2. The van der Waals surface area contributed by atoms with Crippen molar-refractivity contribution in [3.05, 3.63) is 83.9 Å². The molecule has 6 nitrogen and oxygen atoms in total. The Hall–Kier alpha value is -3.93. The summed E-state index contributed by atoms with van der Waals surface area (Å²) in [5.74, 6) is 0.979. The van der Waals surface area contributed by atoms with Crippen molar-refractivity contribution in [2.75, 3.05) is 19.1 Å². The van der Waals surface area contributed by atoms with Crippen molar-refractivity contribution in [3.8, 4) is 11.5 Å². The largest absolute Gasteiger partial charge is 0.497 e. The topological polar surface area (TPSA) is 68.2 Å². The summed E-state index contributed by atoms with van der Waals surface area (Å²) in [6, 6.07) is 22.6. The fourth-order valence-electron chi connectivity index (χ4n) is 5.32. The Balaban J connectivity index is 1.63. The van der Waals surface area contributed by atoms with Crippen LogP contribution in [-0.4, -0.2) is 31.6 Å². The van der Waals surface area contributed by atoms with Crippen molar-refractivity contribution >= 4 is 28.8 Å². The Kier molecular flexibility index (Phi) is 6.12. The van der Waals surface area contributed by atoms with Crippen LogP contribution in [0, 0.1) is 5.92 Å². The number of carbonyl (C=O) groups excluding carboxylic acids is 2. The first-order valence-electron chi connectivity index (χ1n) is 11.8. The van der Waals surface area contributed by atoms with Crippen molar-refractivity contribution < 1.29 is 19.1 Å². The van der Waals surface area contributed by atoms with Gasteiger partial charge in [-0.2, -0.15) is 0 Å². The number of carbonyl (C=O) groups is 2. The molecule has 3 aromatic carbocycles. The Morgan fingerprint density at radius 2 is 1.46 bits per heavy atom. The number of para-hydroxylation sites is 2. The normalized spacial score (nSPS) is 21.3. The second-order valence-corrected chi connectivity index (χ2v) is 9.02. The van der Waals surface area contributed by atoms with Crippen LogP contribution in [-0.2, 0) is 9.59 Å². The maximum atomic E-state index is 13.8. The van der Waals surface area contributed by atoms with E-state index in [2.05, 4.69) is 0 Å². The lowest BCUT2D eigenvalue weighted by Crippen LogP contribution is -2.45. The van der Waals surface area contributed by atoms with E-state index >= 15 is 0 Å². The third kappa shape index (κ3) is 4.20. The third-order valence-electron chi connectivity index (χ3n) is 6.99. The van der Waals surface area contributed by atoms with Gasteiger partial charge in [0.25, 0.3) is 0 Å². The number of nitrogens with zero attached hydrogens (tertiary/aromatic N) is 2. The molecule has 0 aromatic heterocycles. The van der Waals surface area contributed by atoms with Gasteiger partial charge in [0.05, 0.1) is 37.6 Å². The smallest absolute Gasteiger partial charge is 0.224 e. The zero-order chi connectivity index (χ0) is 24.5. The lowest BCUT2D eigenvalue weighted by molar-refractivity contribution is -0.123. The maximum absolute atomic E-state index is 13.8. The zero-order valence-corrected chi connectivity index (χ0v) is 20.1. The van der Waals surface area contributed by atoms with Gasteiger partial charge in [0.2, 0.25) is 5.91 Å². The zero-order valence-electron chi connectivity index (χ0n) is 20.1. The maximum Gasteiger partial charge on any atom is 0.224 e. The monoisotopic (exact) mass is 468 g/mol. The van der Waals surface area contributed by atoms with Gasteiger partial charge >= 0.3 is 0 Å². The molecule has 6 heteroatoms. The molecule has 2 aliphatic rings. The summed E-state index contributed by atoms with van der Waals surface area (Å²) in [7, 11) is 3.26. The molecule has 178 valence electrons. The highest BCUT2D eigenvalue weighted by Crippen LogP contribution is 2.47. The minimum Gasteiger partial charge on any atom is -0.497 e. The highest BCUT2D eigenvalue weighted by molar-refractivity contribution is 6.13. The van der Waals surface area contributed by atoms with E-state index in [9.17, 15) is 9.59 Å². The minimum atomic E-state index is -0.519. The number of aliphatic imine (C=N–C) groups is 1. The lowest BCUT2D eigenvalue weighted by atomic mass is 9.72. The second kappa shape index (κ2) is 9.37. The van der Waals surface area contributed by atoms with Crippen LogP contribution in [0.15, 0.2) is 77.8 Å². The molecule has 3 aromatic rings. The number of methoxy groups -OCH3 is 2. The van der Waals surface area contributed by atoms with E-state index in [0.29, 0.717) is 18.5 Å². The van der Waals surface area contributed by atoms with Gasteiger partial charge < -0.3 is 14.4 Å². The standard InChI is InChI=1S/C29H28N2O4/c1-18(32)31-26-7-5-4-6-24(26)30-25-16-21(19-8-12-22(34-2)13-9-19)17-27(33)28(25)29(31)20-10-14-23(35-3)15-11-20/h4-15,21,28-29H,16-17H2,1-3H3. The van der Waals surface area contributed by atoms with Crippen LogP contribution in [0.1, 0.15) is 42.9 Å². The van der Waals surface area contributed by atoms with E-state index in [1.807, 2.05) is 72.8 Å². The highest BCUT2D eigenvalue weighted by Gasteiger charge is 2.45. The van der Waals surface area contributed by atoms with Crippen molar-refractivity contribution in [1.29, 1.82) is 0 Å². The minimum absolute atomic E-state index is 0.0240. The summed E-state index contributed by atoms with van der Waals surface area (Å²) in [5.41, 5.74) is 4.21. The Labute approximate surface area is 205 Å². The summed E-state index contributed by atoms with van der Waals surface area (Å²) >= 11 is 0. The first kappa shape index (κ1) is 22.8. The fraction of sp³-hybridized carbons (Fsp3) is 0.276. The van der Waals surface area contributed by atoms with Crippen molar-refractivity contribution in [1.82, 2.24) is 0 Å². The van der Waals surface area contributed by atoms with E-state index < -0.39 is 12.0 Å². The summed E-state index contributed by atoms with van der Waals surface area (Å²) in [4.78, 5) is 33.7. The fourth-order valence-corrected chi connectivity index (χ4v) is 5.32. The molecule has 1 aliphatic heterocycles. The van der Waals surface area contributed by atoms with E-state index in [0.717, 1.165) is 34.0 Å². The molecule has 0 saturated heterocycles. The number of ketones is 1. The van der Waals surface area contributed by atoms with Gasteiger partial charge in [-0.25, -0.2) is 0 Å². The first-order valence-corrected chi connectivity index (χ1v) is 11.8. The van der Waals surface area contributed by atoms with E-state index in [1.165, 1.54) is 0 Å². The number of hydrogen-bond donors (Lipinski definition) is 0. The average Bonchev–Trinajstić information content (AvgIpc) is 3.03. The van der Waals surface area contributed by atoms with Crippen molar-refractivity contribution in [2.24, 2.45) is 10.9 Å². The molecule has 3 unspecified atom stereocenters. The van der Waals surface area contributed by atoms with Crippen LogP contribution in [0.2, 0.25) is 0 Å². The van der Waals surface area contributed by atoms with Crippen LogP contribution in [0.3, 0.4) is 0 Å². The molecular weight excluding hydrogens is 440 g/mol. The number of amides is 1. The van der Waals surface area contributed by atoms with E-state index in [1.54, 1.807) is 26.0 Å². The molecule has 5 rings (SSSR count). The Morgan fingerprint density at radius 3 is 2.06 bits per heavy atom. The molecule has 0 spiro atoms. The molecule has 3 atom stereocenters. The Bertz CT molecular complexity index is 1280. The average molecular weight is 469 g/mol. The molecule has 1 amide bonds. The summed E-state index contributed by atoms with van der Waals surface area (Å²) < 4.78 is 10.6. The van der Waals surface area contributed by atoms with Gasteiger partial charge in [0.1, 0.15) is 17.3 Å². The summed E-state index contributed by atoms with van der Waals surface area (Å²) in [5, 5.41) is 0. The predicted molar refractivity (Wildman–Crippen MR) is 136 cm³/mol. The Morgan fingerprint density at radius 1 is 0.857 bits per heavy atom. The molecular formula is C29H28N2O4. The predicted octanol–water partition coefficient (Wildman–Crippen LogP) is 5.65. The highest BCUT2D eigenvalue weighted by atomic mass is 16.5. The number of Topliss-reactive ketones (excluding diaryl/α,β-unsaturated/α-hetero) is 1. The molecule has 0 radical (unpaired) electrons. The third-order valence-corrected chi connectivity index (χ3v) is 6.99. The number of hydrogen-bond acceptors (Lipinski definition) is 5. The van der Waals surface area contributed by atoms with Crippen molar-refractivity contribution in [2.45, 2.75) is 31.7 Å². The van der Waals surface area contributed by atoms with E-state index in [4.69, 9.17) is 14.5 Å². The molecule has 0 N–H and O–H groups in total. The molecule has 1 aliphatic carbocycles. The second-order valence-electron chi connectivity index (χ2n) is 9.02. The van der Waals surface area contributed by atoms with Crippen LogP contribution in [0.25, 0.3) is 0 Å². The van der Waals surface area contributed by atoms with Crippen LogP contribution >= 0.6 is 0 Å². The quantitative estimate of drug-likeness (QED) is 0.496. The number of rotatable bonds is 4. The lowest BCUT2D eigenvalue weighted by Gasteiger charge is -2.38. The van der Waals surface area contributed by atoms with Crippen LogP contribution in [0.5, 0.6) is 11.5 Å². The number of anilines is 1. The molecule has 35 heavy (non-hydrogen) atoms. The van der Waals surface area contributed by atoms with Gasteiger partial charge in [-0.1, -0.05) is 36.4 Å². The van der Waals surface area contributed by atoms with Gasteiger partial charge in [-0.15, -0.1) is 0 Å². The van der Waals surface area contributed by atoms with Gasteiger partial charge in [-0.3, -0.25) is 14.6 Å². The number of benzene rings is 3. The van der Waals surface area contributed by atoms with Gasteiger partial charge in [-0.05, 0) is 59.9 Å². The molecule has 1 saturated carbocycles. The van der Waals surface area contributed by atoms with Crippen LogP contribution < -0.4 is 14.4 Å². The number of fused-ring (bicyclic) bond motifs is 2. The molecule has 1 heterocycles. The van der Waals surface area contributed by atoms with Crippen molar-refractivity contribution in [3.63, 3.8) is 0 Å². The SMILES string of the molecule is COc1ccc(C2CC(=O)C3C(=Nc4ccccc4N(C(C)=O)C3c3ccc(OC)cc3)C2)cc1. The molecule has 1 fully saturated rings. The van der Waals surface area contributed by atoms with E-state index in [-0.39, 0.29) is 17.6 Å². The van der Waals surface area contributed by atoms with Crippen LogP contribution in [0.4, 0.5) is 11.4 Å².